The number of aliphatic hydroxyl groups excluding tert-OH is 2. The molecule has 2 rings (SSSR count). The van der Waals surface area contributed by atoms with Gasteiger partial charge in [0.05, 0.1) is 12.7 Å². The van der Waals surface area contributed by atoms with Crippen LogP contribution in [0.2, 0.25) is 0 Å². The van der Waals surface area contributed by atoms with Crippen molar-refractivity contribution < 1.29 is 29.2 Å². The fraction of sp³-hybridized carbons (Fsp3) is 1.00. The lowest BCUT2D eigenvalue weighted by Crippen LogP contribution is -2.43. The normalized spacial score (nSPS) is 40.2. The van der Waals surface area contributed by atoms with Gasteiger partial charge < -0.3 is 29.2 Å². The lowest BCUT2D eigenvalue weighted by molar-refractivity contribution is -0.228. The number of hydrogen-bond donors (Lipinski definition) is 2. The van der Waals surface area contributed by atoms with Crippen LogP contribution in [0.4, 0.5) is 0 Å². The Morgan fingerprint density at radius 3 is 2.50 bits per heavy atom. The Balaban J connectivity index is 1.91. The Labute approximate surface area is 107 Å². The molecule has 2 aliphatic heterocycles. The van der Waals surface area contributed by atoms with Gasteiger partial charge in [-0.25, -0.2) is 0 Å². The second kappa shape index (κ2) is 5.03. The zero-order valence-electron chi connectivity index (χ0n) is 11.2. The molecular weight excluding hydrogens is 240 g/mol. The molecule has 0 amide bonds. The van der Waals surface area contributed by atoms with Gasteiger partial charge in [0.15, 0.2) is 12.1 Å². The van der Waals surface area contributed by atoms with E-state index in [9.17, 15) is 10.2 Å². The minimum atomic E-state index is -0.914. The Kier molecular flexibility index (Phi) is 3.96. The number of fused-ring (bicyclic) bond motifs is 1. The predicted octanol–water partition coefficient (Wildman–Crippen LogP) is 0.00960. The van der Waals surface area contributed by atoms with Crippen molar-refractivity contribution in [1.29, 1.82) is 0 Å². The zero-order chi connectivity index (χ0) is 13.5. The molecule has 2 N–H and O–H groups in total. The maximum absolute atomic E-state index is 10.1. The van der Waals surface area contributed by atoms with E-state index in [1.807, 2.05) is 13.8 Å². The number of hydrogen-bond acceptors (Lipinski definition) is 6. The topological polar surface area (TPSA) is 77.4 Å². The first-order valence-corrected chi connectivity index (χ1v) is 6.29. The molecule has 0 radical (unpaired) electrons. The molecule has 0 spiro atoms. The maximum atomic E-state index is 10.1. The molecule has 2 aliphatic rings. The third-order valence-electron chi connectivity index (χ3n) is 3.03. The summed E-state index contributed by atoms with van der Waals surface area (Å²) in [6, 6.07) is 0. The molecule has 18 heavy (non-hydrogen) atoms. The fourth-order valence-electron chi connectivity index (χ4n) is 2.22. The zero-order valence-corrected chi connectivity index (χ0v) is 11.2. The van der Waals surface area contributed by atoms with E-state index in [-0.39, 0.29) is 12.7 Å². The summed E-state index contributed by atoms with van der Waals surface area (Å²) in [6.07, 6.45) is -3.72. The van der Waals surface area contributed by atoms with E-state index in [1.165, 1.54) is 0 Å². The molecule has 5 atom stereocenters. The fourth-order valence-corrected chi connectivity index (χ4v) is 2.22. The van der Waals surface area contributed by atoms with Gasteiger partial charge in [-0.1, -0.05) is 0 Å². The molecule has 6 nitrogen and oxygen atoms in total. The Hall–Kier alpha value is -0.240. The molecule has 2 heterocycles. The maximum Gasteiger partial charge on any atom is 0.190 e. The van der Waals surface area contributed by atoms with E-state index >= 15 is 0 Å². The van der Waals surface area contributed by atoms with E-state index in [1.54, 1.807) is 13.8 Å². The average molecular weight is 262 g/mol. The summed E-state index contributed by atoms with van der Waals surface area (Å²) in [6.45, 7) is 7.38. The van der Waals surface area contributed by atoms with Crippen molar-refractivity contribution in [2.45, 2.75) is 70.3 Å². The molecule has 0 aliphatic carbocycles. The van der Waals surface area contributed by atoms with Gasteiger partial charge in [-0.15, -0.1) is 0 Å². The number of rotatable bonds is 4. The van der Waals surface area contributed by atoms with Gasteiger partial charge in [-0.3, -0.25) is 0 Å². The Bertz CT molecular complexity index is 292. The van der Waals surface area contributed by atoms with Gasteiger partial charge >= 0.3 is 0 Å². The first-order valence-electron chi connectivity index (χ1n) is 6.29. The molecule has 6 heteroatoms. The van der Waals surface area contributed by atoms with Gasteiger partial charge in [-0.05, 0) is 27.7 Å². The van der Waals surface area contributed by atoms with E-state index in [2.05, 4.69) is 0 Å². The first-order chi connectivity index (χ1) is 8.30. The molecule has 2 saturated heterocycles. The van der Waals surface area contributed by atoms with Gasteiger partial charge in [0.1, 0.15) is 24.4 Å². The van der Waals surface area contributed by atoms with Crippen molar-refractivity contribution >= 4 is 0 Å². The Morgan fingerprint density at radius 2 is 1.94 bits per heavy atom. The van der Waals surface area contributed by atoms with Crippen LogP contribution < -0.4 is 0 Å². The molecule has 2 fully saturated rings. The van der Waals surface area contributed by atoms with Crippen LogP contribution in [-0.2, 0) is 18.9 Å². The van der Waals surface area contributed by atoms with Crippen molar-refractivity contribution in [1.82, 2.24) is 0 Å². The van der Waals surface area contributed by atoms with E-state index in [0.717, 1.165) is 0 Å². The predicted molar refractivity (Wildman–Crippen MR) is 61.8 cm³/mol. The van der Waals surface area contributed by atoms with E-state index < -0.39 is 36.5 Å². The van der Waals surface area contributed by atoms with Crippen LogP contribution >= 0.6 is 0 Å². The summed E-state index contributed by atoms with van der Waals surface area (Å²) in [5.41, 5.74) is 0. The van der Waals surface area contributed by atoms with Crippen LogP contribution in [-0.4, -0.2) is 59.4 Å². The minimum Gasteiger partial charge on any atom is -0.388 e. The van der Waals surface area contributed by atoms with E-state index in [4.69, 9.17) is 18.9 Å². The SMILES string of the molecule is CC(C)OC[C@@H](O)[C@H]1O[C@@H]2OC(C)(C)O[C@@H]2[C@H]1O. The summed E-state index contributed by atoms with van der Waals surface area (Å²) >= 11 is 0. The third-order valence-corrected chi connectivity index (χ3v) is 3.03. The van der Waals surface area contributed by atoms with Crippen LogP contribution in [0.1, 0.15) is 27.7 Å². The average Bonchev–Trinajstić information content (AvgIpc) is 2.70. The Morgan fingerprint density at radius 1 is 1.28 bits per heavy atom. The lowest BCUT2D eigenvalue weighted by atomic mass is 10.1. The molecular formula is C12H22O6. The summed E-state index contributed by atoms with van der Waals surface area (Å²) in [5, 5.41) is 20.0. The second-order valence-electron chi connectivity index (χ2n) is 5.51. The quantitative estimate of drug-likeness (QED) is 0.743. The highest BCUT2D eigenvalue weighted by Crippen LogP contribution is 2.38. The van der Waals surface area contributed by atoms with Crippen LogP contribution in [0.5, 0.6) is 0 Å². The summed E-state index contributed by atoms with van der Waals surface area (Å²) < 4.78 is 21.8. The van der Waals surface area contributed by atoms with Crippen molar-refractivity contribution in [3.8, 4) is 0 Å². The van der Waals surface area contributed by atoms with Gasteiger partial charge in [0.25, 0.3) is 0 Å². The standard InChI is InChI=1S/C12H22O6/c1-6(2)15-5-7(13)9-8(14)10-11(16-9)18-12(3,4)17-10/h6-11,13-14H,5H2,1-4H3/t7-,8+,9-,10-,11-/m1/s1. The first kappa shape index (κ1) is 14.2. The van der Waals surface area contributed by atoms with Crippen molar-refractivity contribution in [2.24, 2.45) is 0 Å². The summed E-state index contributed by atoms with van der Waals surface area (Å²) in [4.78, 5) is 0. The minimum absolute atomic E-state index is 0.0177. The van der Waals surface area contributed by atoms with Crippen molar-refractivity contribution in [3.63, 3.8) is 0 Å². The molecule has 0 aromatic heterocycles. The van der Waals surface area contributed by atoms with Crippen LogP contribution in [0.3, 0.4) is 0 Å². The highest BCUT2D eigenvalue weighted by atomic mass is 16.8. The largest absolute Gasteiger partial charge is 0.388 e. The van der Waals surface area contributed by atoms with Gasteiger partial charge in [-0.2, -0.15) is 0 Å². The summed E-state index contributed by atoms with van der Waals surface area (Å²) in [5.74, 6) is -0.763. The van der Waals surface area contributed by atoms with Crippen LogP contribution in [0.15, 0.2) is 0 Å². The highest BCUT2D eigenvalue weighted by molar-refractivity contribution is 4.95. The smallest absolute Gasteiger partial charge is 0.190 e. The molecule has 0 saturated carbocycles. The summed E-state index contributed by atoms with van der Waals surface area (Å²) in [7, 11) is 0. The van der Waals surface area contributed by atoms with Crippen molar-refractivity contribution in [3.05, 3.63) is 0 Å². The highest BCUT2D eigenvalue weighted by Gasteiger charge is 2.55. The van der Waals surface area contributed by atoms with E-state index in [0.29, 0.717) is 0 Å². The molecule has 0 bridgehead atoms. The number of aliphatic hydroxyl groups is 2. The number of ether oxygens (including phenoxy) is 4. The lowest BCUT2D eigenvalue weighted by Gasteiger charge is -2.26. The molecule has 0 unspecified atom stereocenters. The van der Waals surface area contributed by atoms with Gasteiger partial charge in [0, 0.05) is 0 Å². The van der Waals surface area contributed by atoms with Crippen molar-refractivity contribution in [2.75, 3.05) is 6.61 Å². The van der Waals surface area contributed by atoms with Crippen LogP contribution in [0, 0.1) is 0 Å². The molecule has 0 aromatic rings. The molecule has 106 valence electrons. The molecule has 0 aromatic carbocycles. The monoisotopic (exact) mass is 262 g/mol. The second-order valence-corrected chi connectivity index (χ2v) is 5.51. The third kappa shape index (κ3) is 2.84. The van der Waals surface area contributed by atoms with Crippen LogP contribution in [0.25, 0.3) is 0 Å². The van der Waals surface area contributed by atoms with Gasteiger partial charge in [0.2, 0.25) is 0 Å².